The van der Waals surface area contributed by atoms with E-state index in [1.165, 1.54) is 10.9 Å². The number of piperazine rings is 1. The lowest BCUT2D eigenvalue weighted by Crippen LogP contribution is -2.45. The Morgan fingerprint density at radius 1 is 1.29 bits per heavy atom. The van der Waals surface area contributed by atoms with Crippen LogP contribution in [0.4, 0.5) is 0 Å². The first-order valence-corrected chi connectivity index (χ1v) is 7.78. The number of fused-ring (bicyclic) bond motifs is 1. The molecule has 4 nitrogen and oxygen atoms in total. The highest BCUT2D eigenvalue weighted by atomic mass is 16.1. The Hall–Kier alpha value is -1.65. The fraction of sp³-hybridized carbons (Fsp3) is 0.471. The zero-order chi connectivity index (χ0) is 14.8. The van der Waals surface area contributed by atoms with Crippen LogP contribution in [0.2, 0.25) is 0 Å². The number of para-hydroxylation sites is 1. The third-order valence-corrected chi connectivity index (χ3v) is 4.42. The first-order chi connectivity index (χ1) is 10.2. The Morgan fingerprint density at radius 2 is 2.00 bits per heavy atom. The summed E-state index contributed by atoms with van der Waals surface area (Å²) in [5.74, 6) is 0.0765. The predicted molar refractivity (Wildman–Crippen MR) is 85.7 cm³/mol. The SMILES string of the molecule is CC[C@H](c1cn(C(C)=O)c2ccccc12)N1CCNCC1. The largest absolute Gasteiger partial charge is 0.314 e. The van der Waals surface area contributed by atoms with Crippen LogP contribution in [0.25, 0.3) is 10.9 Å². The summed E-state index contributed by atoms with van der Waals surface area (Å²) in [5, 5.41) is 4.61. The molecule has 3 rings (SSSR count). The van der Waals surface area contributed by atoms with Gasteiger partial charge in [-0.05, 0) is 18.1 Å². The second-order valence-electron chi connectivity index (χ2n) is 5.70. The molecule has 1 saturated heterocycles. The molecule has 1 fully saturated rings. The van der Waals surface area contributed by atoms with E-state index in [0.717, 1.165) is 38.1 Å². The lowest BCUT2D eigenvalue weighted by Gasteiger charge is -2.34. The minimum Gasteiger partial charge on any atom is -0.314 e. The van der Waals surface area contributed by atoms with Crippen LogP contribution >= 0.6 is 0 Å². The zero-order valence-electron chi connectivity index (χ0n) is 12.8. The summed E-state index contributed by atoms with van der Waals surface area (Å²) in [7, 11) is 0. The molecule has 2 aromatic rings. The van der Waals surface area contributed by atoms with Gasteiger partial charge in [-0.1, -0.05) is 25.1 Å². The Kier molecular flexibility index (Phi) is 4.08. The van der Waals surface area contributed by atoms with E-state index in [1.54, 1.807) is 11.5 Å². The zero-order valence-corrected chi connectivity index (χ0v) is 12.8. The van der Waals surface area contributed by atoms with Crippen LogP contribution in [0, 0.1) is 0 Å². The fourth-order valence-corrected chi connectivity index (χ4v) is 3.40. The van der Waals surface area contributed by atoms with Gasteiger partial charge in [0.1, 0.15) is 0 Å². The van der Waals surface area contributed by atoms with E-state index in [2.05, 4.69) is 29.3 Å². The number of nitrogens with zero attached hydrogens (tertiary/aromatic N) is 2. The number of benzene rings is 1. The van der Waals surface area contributed by atoms with Crippen molar-refractivity contribution in [2.24, 2.45) is 0 Å². The molecule has 2 heterocycles. The van der Waals surface area contributed by atoms with Crippen LogP contribution in [0.1, 0.15) is 36.7 Å². The van der Waals surface area contributed by atoms with Gasteiger partial charge in [-0.25, -0.2) is 0 Å². The van der Waals surface area contributed by atoms with Crippen molar-refractivity contribution >= 4 is 16.8 Å². The summed E-state index contributed by atoms with van der Waals surface area (Å²) in [6, 6.07) is 8.61. The lowest BCUT2D eigenvalue weighted by atomic mass is 10.0. The molecular formula is C17H23N3O. The molecule has 21 heavy (non-hydrogen) atoms. The van der Waals surface area contributed by atoms with Gasteiger partial charge in [-0.3, -0.25) is 14.3 Å². The average Bonchev–Trinajstić information content (AvgIpc) is 2.89. The van der Waals surface area contributed by atoms with Crippen LogP contribution < -0.4 is 5.32 Å². The molecule has 1 aliphatic rings. The number of aromatic nitrogens is 1. The van der Waals surface area contributed by atoms with E-state index in [0.29, 0.717) is 6.04 Å². The molecule has 0 bridgehead atoms. The van der Waals surface area contributed by atoms with Crippen LogP contribution in [0.15, 0.2) is 30.5 Å². The van der Waals surface area contributed by atoms with Gasteiger partial charge in [-0.2, -0.15) is 0 Å². The maximum absolute atomic E-state index is 11.9. The van der Waals surface area contributed by atoms with Crippen LogP contribution in [0.5, 0.6) is 0 Å². The van der Waals surface area contributed by atoms with Crippen molar-refractivity contribution in [3.63, 3.8) is 0 Å². The Morgan fingerprint density at radius 3 is 2.67 bits per heavy atom. The van der Waals surface area contributed by atoms with E-state index in [9.17, 15) is 4.79 Å². The molecule has 1 aromatic carbocycles. The van der Waals surface area contributed by atoms with Crippen molar-refractivity contribution < 1.29 is 4.79 Å². The Balaban J connectivity index is 2.07. The summed E-state index contributed by atoms with van der Waals surface area (Å²) < 4.78 is 1.79. The predicted octanol–water partition coefficient (Wildman–Crippen LogP) is 2.66. The lowest BCUT2D eigenvalue weighted by molar-refractivity contribution is 0.0941. The van der Waals surface area contributed by atoms with Crippen molar-refractivity contribution in [1.82, 2.24) is 14.8 Å². The first-order valence-electron chi connectivity index (χ1n) is 7.78. The standard InChI is InChI=1S/C17H23N3O/c1-3-16(19-10-8-18-9-11-19)15-12-20(13(2)21)17-7-5-4-6-14(15)17/h4-7,12,16,18H,3,8-11H2,1-2H3/t16-/m1/s1. The van der Waals surface area contributed by atoms with E-state index in [4.69, 9.17) is 0 Å². The molecular weight excluding hydrogens is 262 g/mol. The Bertz CT molecular complexity index is 641. The average molecular weight is 285 g/mol. The highest BCUT2D eigenvalue weighted by Crippen LogP contribution is 2.32. The third kappa shape index (κ3) is 2.61. The van der Waals surface area contributed by atoms with Crippen molar-refractivity contribution in [2.45, 2.75) is 26.3 Å². The van der Waals surface area contributed by atoms with Gasteiger partial charge < -0.3 is 5.32 Å². The Labute approximate surface area is 125 Å². The maximum atomic E-state index is 11.9. The first kappa shape index (κ1) is 14.3. The van der Waals surface area contributed by atoms with Crippen molar-refractivity contribution in [3.8, 4) is 0 Å². The fourth-order valence-electron chi connectivity index (χ4n) is 3.40. The summed E-state index contributed by atoms with van der Waals surface area (Å²) in [5.41, 5.74) is 2.30. The van der Waals surface area contributed by atoms with Gasteiger partial charge in [0, 0.05) is 50.7 Å². The monoisotopic (exact) mass is 285 g/mol. The third-order valence-electron chi connectivity index (χ3n) is 4.42. The maximum Gasteiger partial charge on any atom is 0.227 e. The summed E-state index contributed by atoms with van der Waals surface area (Å²) in [6.45, 7) is 8.08. The molecule has 0 radical (unpaired) electrons. The molecule has 0 amide bonds. The number of carbonyl (C=O) groups is 1. The van der Waals surface area contributed by atoms with Crippen molar-refractivity contribution in [2.75, 3.05) is 26.2 Å². The van der Waals surface area contributed by atoms with E-state index in [-0.39, 0.29) is 5.91 Å². The normalized spacial score (nSPS) is 18.0. The summed E-state index contributed by atoms with van der Waals surface area (Å²) in [6.07, 6.45) is 3.11. The molecule has 1 aliphatic heterocycles. The van der Waals surface area contributed by atoms with Crippen LogP contribution in [0.3, 0.4) is 0 Å². The molecule has 1 aromatic heterocycles. The number of hydrogen-bond donors (Lipinski definition) is 1. The molecule has 0 aliphatic carbocycles. The molecule has 4 heteroatoms. The second-order valence-corrected chi connectivity index (χ2v) is 5.70. The summed E-state index contributed by atoms with van der Waals surface area (Å²) in [4.78, 5) is 14.4. The number of hydrogen-bond acceptors (Lipinski definition) is 3. The van der Waals surface area contributed by atoms with Crippen LogP contribution in [-0.4, -0.2) is 41.6 Å². The minimum absolute atomic E-state index is 0.0765. The van der Waals surface area contributed by atoms with Gasteiger partial charge in [0.2, 0.25) is 5.91 Å². The molecule has 112 valence electrons. The number of rotatable bonds is 3. The van der Waals surface area contributed by atoms with E-state index >= 15 is 0 Å². The van der Waals surface area contributed by atoms with E-state index < -0.39 is 0 Å². The molecule has 1 atom stereocenters. The van der Waals surface area contributed by atoms with Crippen molar-refractivity contribution in [3.05, 3.63) is 36.0 Å². The van der Waals surface area contributed by atoms with Gasteiger partial charge in [0.25, 0.3) is 0 Å². The van der Waals surface area contributed by atoms with Gasteiger partial charge in [-0.15, -0.1) is 0 Å². The number of nitrogens with one attached hydrogen (secondary N) is 1. The van der Waals surface area contributed by atoms with Crippen molar-refractivity contribution in [1.29, 1.82) is 0 Å². The highest BCUT2D eigenvalue weighted by molar-refractivity contribution is 5.93. The quantitative estimate of drug-likeness (QED) is 0.942. The molecule has 0 unspecified atom stereocenters. The molecule has 0 spiro atoms. The van der Waals surface area contributed by atoms with Gasteiger partial charge in [0.15, 0.2) is 0 Å². The second kappa shape index (κ2) is 6.00. The van der Waals surface area contributed by atoms with E-state index in [1.807, 2.05) is 18.3 Å². The summed E-state index contributed by atoms with van der Waals surface area (Å²) >= 11 is 0. The molecule has 1 N–H and O–H groups in total. The topological polar surface area (TPSA) is 37.3 Å². The van der Waals surface area contributed by atoms with Crippen LogP contribution in [-0.2, 0) is 0 Å². The van der Waals surface area contributed by atoms with Gasteiger partial charge >= 0.3 is 0 Å². The minimum atomic E-state index is 0.0765. The molecule has 0 saturated carbocycles. The van der Waals surface area contributed by atoms with Gasteiger partial charge in [0.05, 0.1) is 5.52 Å². The smallest absolute Gasteiger partial charge is 0.227 e. The highest BCUT2D eigenvalue weighted by Gasteiger charge is 2.24. The number of carbonyl (C=O) groups excluding carboxylic acids is 1.